The summed E-state index contributed by atoms with van der Waals surface area (Å²) in [6.07, 6.45) is 6.11. The Balaban J connectivity index is 2.18. The molecule has 16 heavy (non-hydrogen) atoms. The minimum Gasteiger partial charge on any atom is -0.343 e. The summed E-state index contributed by atoms with van der Waals surface area (Å²) < 4.78 is 0. The van der Waals surface area contributed by atoms with Gasteiger partial charge in [0.15, 0.2) is 0 Å². The Morgan fingerprint density at radius 3 is 2.38 bits per heavy atom. The lowest BCUT2D eigenvalue weighted by molar-refractivity contribution is -0.133. The summed E-state index contributed by atoms with van der Waals surface area (Å²) >= 11 is 0. The molecule has 3 nitrogen and oxygen atoms in total. The zero-order valence-electron chi connectivity index (χ0n) is 10.8. The molecule has 0 spiro atoms. The maximum Gasteiger partial charge on any atom is 0.222 e. The number of hydrogen-bond acceptors (Lipinski definition) is 2. The number of amides is 1. The Labute approximate surface area is 99.4 Å². The standard InChI is InChI=1S/C13H26N2O/c1-13(2)7-10-15(11-8-13)12(16)6-4-3-5-9-14/h3-11,14H2,1-2H3. The number of rotatable bonds is 5. The number of likely N-dealkylation sites (tertiary alicyclic amines) is 1. The van der Waals surface area contributed by atoms with Crippen molar-refractivity contribution in [1.29, 1.82) is 0 Å². The molecule has 0 saturated carbocycles. The van der Waals surface area contributed by atoms with Crippen LogP contribution in [-0.4, -0.2) is 30.4 Å². The van der Waals surface area contributed by atoms with Crippen molar-refractivity contribution in [2.45, 2.75) is 52.4 Å². The zero-order chi connectivity index (χ0) is 12.0. The molecule has 0 aromatic rings. The fraction of sp³-hybridized carbons (Fsp3) is 0.923. The zero-order valence-corrected chi connectivity index (χ0v) is 10.8. The monoisotopic (exact) mass is 226 g/mol. The van der Waals surface area contributed by atoms with Crippen LogP contribution in [0.1, 0.15) is 52.4 Å². The first-order valence-electron chi connectivity index (χ1n) is 6.53. The predicted molar refractivity (Wildman–Crippen MR) is 67.1 cm³/mol. The molecule has 0 unspecified atom stereocenters. The van der Waals surface area contributed by atoms with Gasteiger partial charge in [0.05, 0.1) is 0 Å². The molecule has 0 aromatic carbocycles. The number of piperidine rings is 1. The van der Waals surface area contributed by atoms with Gasteiger partial charge in [-0.15, -0.1) is 0 Å². The molecular formula is C13H26N2O. The molecule has 1 fully saturated rings. The lowest BCUT2D eigenvalue weighted by atomic mass is 9.82. The van der Waals surface area contributed by atoms with Crippen LogP contribution in [0.2, 0.25) is 0 Å². The van der Waals surface area contributed by atoms with E-state index in [2.05, 4.69) is 13.8 Å². The van der Waals surface area contributed by atoms with Crippen LogP contribution in [0.4, 0.5) is 0 Å². The minimum absolute atomic E-state index is 0.340. The summed E-state index contributed by atoms with van der Waals surface area (Å²) in [5, 5.41) is 0. The smallest absolute Gasteiger partial charge is 0.222 e. The molecule has 0 bridgehead atoms. The molecular weight excluding hydrogens is 200 g/mol. The Hall–Kier alpha value is -0.570. The first-order valence-corrected chi connectivity index (χ1v) is 6.53. The third-order valence-electron chi connectivity index (χ3n) is 3.56. The Kier molecular flexibility index (Phi) is 5.26. The van der Waals surface area contributed by atoms with Crippen molar-refractivity contribution in [2.24, 2.45) is 11.1 Å². The van der Waals surface area contributed by atoms with Crippen molar-refractivity contribution in [2.75, 3.05) is 19.6 Å². The molecule has 0 aliphatic carbocycles. The number of carbonyl (C=O) groups excluding carboxylic acids is 1. The van der Waals surface area contributed by atoms with Crippen LogP contribution in [0, 0.1) is 5.41 Å². The van der Waals surface area contributed by atoms with Gasteiger partial charge in [0.25, 0.3) is 0 Å². The van der Waals surface area contributed by atoms with Gasteiger partial charge in [-0.25, -0.2) is 0 Å². The molecule has 1 rings (SSSR count). The summed E-state index contributed by atoms with van der Waals surface area (Å²) in [5.41, 5.74) is 5.85. The van der Waals surface area contributed by atoms with Crippen LogP contribution in [0.25, 0.3) is 0 Å². The second kappa shape index (κ2) is 6.24. The van der Waals surface area contributed by atoms with E-state index < -0.39 is 0 Å². The van der Waals surface area contributed by atoms with Gasteiger partial charge in [0.1, 0.15) is 0 Å². The van der Waals surface area contributed by atoms with Crippen molar-refractivity contribution in [3.05, 3.63) is 0 Å². The molecule has 1 aliphatic heterocycles. The van der Waals surface area contributed by atoms with Gasteiger partial charge >= 0.3 is 0 Å². The van der Waals surface area contributed by atoms with Crippen molar-refractivity contribution in [1.82, 2.24) is 4.90 Å². The van der Waals surface area contributed by atoms with E-state index in [1.54, 1.807) is 0 Å². The van der Waals surface area contributed by atoms with E-state index in [4.69, 9.17) is 5.73 Å². The van der Waals surface area contributed by atoms with Crippen LogP contribution < -0.4 is 5.73 Å². The van der Waals surface area contributed by atoms with E-state index in [1.165, 1.54) is 0 Å². The molecule has 1 aliphatic rings. The number of nitrogens with two attached hydrogens (primary N) is 1. The molecule has 1 amide bonds. The van der Waals surface area contributed by atoms with E-state index in [0.29, 0.717) is 17.7 Å². The number of nitrogens with zero attached hydrogens (tertiary/aromatic N) is 1. The van der Waals surface area contributed by atoms with Gasteiger partial charge in [-0.2, -0.15) is 0 Å². The highest BCUT2D eigenvalue weighted by molar-refractivity contribution is 5.76. The summed E-state index contributed by atoms with van der Waals surface area (Å²) in [6, 6.07) is 0. The van der Waals surface area contributed by atoms with Gasteiger partial charge in [-0.05, 0) is 37.6 Å². The summed E-state index contributed by atoms with van der Waals surface area (Å²) in [7, 11) is 0. The molecule has 2 N–H and O–H groups in total. The fourth-order valence-corrected chi connectivity index (χ4v) is 2.12. The summed E-state index contributed by atoms with van der Waals surface area (Å²) in [6.45, 7) is 7.21. The molecule has 0 radical (unpaired) electrons. The van der Waals surface area contributed by atoms with Crippen molar-refractivity contribution in [3.8, 4) is 0 Å². The Bertz CT molecular complexity index is 216. The first kappa shape index (κ1) is 13.5. The van der Waals surface area contributed by atoms with Crippen LogP contribution in [0.3, 0.4) is 0 Å². The molecule has 94 valence electrons. The van der Waals surface area contributed by atoms with E-state index in [1.807, 2.05) is 4.90 Å². The lowest BCUT2D eigenvalue weighted by Crippen LogP contribution is -2.41. The fourth-order valence-electron chi connectivity index (χ4n) is 2.12. The minimum atomic E-state index is 0.340. The van der Waals surface area contributed by atoms with Crippen LogP contribution >= 0.6 is 0 Å². The number of carbonyl (C=O) groups is 1. The third-order valence-corrected chi connectivity index (χ3v) is 3.56. The highest BCUT2D eigenvalue weighted by atomic mass is 16.2. The average Bonchev–Trinajstić information content (AvgIpc) is 2.24. The maximum atomic E-state index is 11.9. The molecule has 1 heterocycles. The lowest BCUT2D eigenvalue weighted by Gasteiger charge is -2.37. The molecule has 0 aromatic heterocycles. The second-order valence-electron chi connectivity index (χ2n) is 5.64. The normalized spacial score (nSPS) is 19.8. The molecule has 3 heteroatoms. The van der Waals surface area contributed by atoms with Gasteiger partial charge < -0.3 is 10.6 Å². The van der Waals surface area contributed by atoms with Gasteiger partial charge in [0, 0.05) is 19.5 Å². The van der Waals surface area contributed by atoms with E-state index in [-0.39, 0.29) is 0 Å². The van der Waals surface area contributed by atoms with Crippen molar-refractivity contribution < 1.29 is 4.79 Å². The van der Waals surface area contributed by atoms with Gasteiger partial charge in [-0.1, -0.05) is 20.3 Å². The average molecular weight is 226 g/mol. The van der Waals surface area contributed by atoms with E-state index in [9.17, 15) is 4.79 Å². The van der Waals surface area contributed by atoms with Gasteiger partial charge in [-0.3, -0.25) is 4.79 Å². The van der Waals surface area contributed by atoms with E-state index in [0.717, 1.165) is 51.7 Å². The predicted octanol–water partition coefficient (Wildman–Crippen LogP) is 2.15. The highest BCUT2D eigenvalue weighted by Gasteiger charge is 2.27. The SMILES string of the molecule is CC1(C)CCN(C(=O)CCCCCN)CC1. The Morgan fingerprint density at radius 2 is 1.81 bits per heavy atom. The van der Waals surface area contributed by atoms with E-state index >= 15 is 0 Å². The Morgan fingerprint density at radius 1 is 1.19 bits per heavy atom. The molecule has 1 saturated heterocycles. The second-order valence-corrected chi connectivity index (χ2v) is 5.64. The quantitative estimate of drug-likeness (QED) is 0.730. The van der Waals surface area contributed by atoms with Crippen molar-refractivity contribution >= 4 is 5.91 Å². The first-order chi connectivity index (χ1) is 7.55. The third kappa shape index (κ3) is 4.52. The van der Waals surface area contributed by atoms with Crippen LogP contribution in [0.5, 0.6) is 0 Å². The van der Waals surface area contributed by atoms with Gasteiger partial charge in [0.2, 0.25) is 5.91 Å². The number of hydrogen-bond donors (Lipinski definition) is 1. The topological polar surface area (TPSA) is 46.3 Å². The van der Waals surface area contributed by atoms with Crippen molar-refractivity contribution in [3.63, 3.8) is 0 Å². The van der Waals surface area contributed by atoms with Crippen LogP contribution in [0.15, 0.2) is 0 Å². The maximum absolute atomic E-state index is 11.9. The highest BCUT2D eigenvalue weighted by Crippen LogP contribution is 2.29. The number of unbranched alkanes of at least 4 members (excludes halogenated alkanes) is 2. The summed E-state index contributed by atoms with van der Waals surface area (Å²) in [4.78, 5) is 13.9. The largest absolute Gasteiger partial charge is 0.343 e. The molecule has 0 atom stereocenters. The summed E-state index contributed by atoms with van der Waals surface area (Å²) in [5.74, 6) is 0.340. The van der Waals surface area contributed by atoms with Crippen LogP contribution in [-0.2, 0) is 4.79 Å².